The van der Waals surface area contributed by atoms with Crippen LogP contribution in [-0.2, 0) is 16.1 Å². The molecular formula is C26H29ClN4O5. The lowest BCUT2D eigenvalue weighted by Gasteiger charge is -2.37. The molecule has 1 atom stereocenters. The number of halogens is 1. The fraction of sp³-hybridized carbons (Fsp3) is 0.346. The second-order valence-corrected chi connectivity index (χ2v) is 9.36. The van der Waals surface area contributed by atoms with E-state index in [1.807, 2.05) is 37.3 Å². The summed E-state index contributed by atoms with van der Waals surface area (Å²) in [4.78, 5) is 40.6. The van der Waals surface area contributed by atoms with Gasteiger partial charge in [-0.2, -0.15) is 0 Å². The molecule has 1 aliphatic carbocycles. The standard InChI is InChI=1S/C26H29ClN4O5/c1-16-4-6-18(7-5-16)15-30-23(29-25(33)31(26(30)34)14-17(2)24(32)35-3)13-28-19-8-11-22(21(27)12-19)36-20-9-10-20/h4-8,11-13,17,20,28H,9-10,14-15H2,1-3H3,(H,29,33)/t17-/m0/s1. The van der Waals surface area contributed by atoms with Crippen LogP contribution in [0.1, 0.15) is 30.9 Å². The van der Waals surface area contributed by atoms with Crippen LogP contribution in [0.2, 0.25) is 5.02 Å². The van der Waals surface area contributed by atoms with Crippen molar-refractivity contribution >= 4 is 35.3 Å². The maximum absolute atomic E-state index is 13.4. The van der Waals surface area contributed by atoms with Crippen molar-refractivity contribution in [1.82, 2.24) is 15.1 Å². The highest BCUT2D eigenvalue weighted by molar-refractivity contribution is 6.32. The monoisotopic (exact) mass is 512 g/mol. The van der Waals surface area contributed by atoms with Crippen molar-refractivity contribution in [2.24, 2.45) is 5.92 Å². The highest BCUT2D eigenvalue weighted by Crippen LogP contribution is 2.33. The van der Waals surface area contributed by atoms with Crippen molar-refractivity contribution in [2.45, 2.75) is 39.3 Å². The summed E-state index contributed by atoms with van der Waals surface area (Å²) in [5, 5.41) is 6.32. The van der Waals surface area contributed by atoms with E-state index in [4.69, 9.17) is 21.1 Å². The number of urea groups is 2. The number of anilines is 1. The molecule has 36 heavy (non-hydrogen) atoms. The second kappa shape index (κ2) is 10.9. The highest BCUT2D eigenvalue weighted by atomic mass is 35.5. The number of carbonyl (C=O) groups is 3. The summed E-state index contributed by atoms with van der Waals surface area (Å²) in [6.07, 6.45) is 3.83. The Morgan fingerprint density at radius 2 is 1.92 bits per heavy atom. The van der Waals surface area contributed by atoms with Gasteiger partial charge in [0.1, 0.15) is 11.6 Å². The third-order valence-electron chi connectivity index (χ3n) is 5.88. The number of hydrogen-bond donors (Lipinski definition) is 2. The predicted molar refractivity (Wildman–Crippen MR) is 135 cm³/mol. The van der Waals surface area contributed by atoms with Crippen LogP contribution in [0.5, 0.6) is 5.75 Å². The van der Waals surface area contributed by atoms with Gasteiger partial charge in [-0.3, -0.25) is 15.0 Å². The van der Waals surface area contributed by atoms with E-state index in [1.54, 1.807) is 19.1 Å². The quantitative estimate of drug-likeness (QED) is 0.465. The zero-order chi connectivity index (χ0) is 25.8. The number of ether oxygens (including phenoxy) is 2. The molecule has 1 heterocycles. The largest absolute Gasteiger partial charge is 0.489 e. The number of carbonyl (C=O) groups excluding carboxylic acids is 3. The zero-order valence-electron chi connectivity index (χ0n) is 20.4. The Morgan fingerprint density at radius 1 is 1.19 bits per heavy atom. The molecule has 2 aromatic carbocycles. The lowest BCUT2D eigenvalue weighted by atomic mass is 10.1. The number of imide groups is 1. The van der Waals surface area contributed by atoms with Crippen molar-refractivity contribution < 1.29 is 23.9 Å². The molecule has 2 fully saturated rings. The topological polar surface area (TPSA) is 100 Å². The smallest absolute Gasteiger partial charge is 0.334 e. The fourth-order valence-electron chi connectivity index (χ4n) is 3.64. The lowest BCUT2D eigenvalue weighted by molar-refractivity contribution is -0.145. The van der Waals surface area contributed by atoms with Gasteiger partial charge in [0.2, 0.25) is 0 Å². The van der Waals surface area contributed by atoms with Crippen molar-refractivity contribution in [3.8, 4) is 5.75 Å². The molecule has 0 aromatic heterocycles. The predicted octanol–water partition coefficient (Wildman–Crippen LogP) is 4.86. The summed E-state index contributed by atoms with van der Waals surface area (Å²) < 4.78 is 10.5. The van der Waals surface area contributed by atoms with Gasteiger partial charge >= 0.3 is 18.0 Å². The molecule has 10 heteroatoms. The third kappa shape index (κ3) is 6.09. The Labute approximate surface area is 215 Å². The van der Waals surface area contributed by atoms with E-state index < -0.39 is 23.9 Å². The van der Waals surface area contributed by atoms with Crippen LogP contribution >= 0.6 is 11.6 Å². The van der Waals surface area contributed by atoms with Gasteiger partial charge in [-0.1, -0.05) is 48.4 Å². The van der Waals surface area contributed by atoms with Gasteiger partial charge in [-0.05, 0) is 43.5 Å². The van der Waals surface area contributed by atoms with Crippen molar-refractivity contribution in [1.29, 1.82) is 0 Å². The molecule has 0 radical (unpaired) electrons. The van der Waals surface area contributed by atoms with Crippen LogP contribution in [0.25, 0.3) is 0 Å². The molecule has 0 unspecified atom stereocenters. The van der Waals surface area contributed by atoms with Crippen LogP contribution in [0.3, 0.4) is 0 Å². The van der Waals surface area contributed by atoms with Gasteiger partial charge in [-0.25, -0.2) is 14.5 Å². The van der Waals surface area contributed by atoms with Crippen LogP contribution in [0, 0.1) is 12.8 Å². The molecule has 4 rings (SSSR count). The highest BCUT2D eigenvalue weighted by Gasteiger charge is 2.37. The van der Waals surface area contributed by atoms with Crippen LogP contribution < -0.4 is 15.4 Å². The van der Waals surface area contributed by atoms with Gasteiger partial charge in [0.25, 0.3) is 0 Å². The Bertz CT molecular complexity index is 1180. The molecule has 0 bridgehead atoms. The number of aryl methyl sites for hydroxylation is 1. The normalized spacial score (nSPS) is 17.6. The van der Waals surface area contributed by atoms with Crippen LogP contribution in [0.4, 0.5) is 15.3 Å². The van der Waals surface area contributed by atoms with Crippen molar-refractivity contribution in [3.05, 3.63) is 70.6 Å². The molecule has 1 saturated heterocycles. The minimum absolute atomic E-state index is 0.111. The molecule has 9 nitrogen and oxygen atoms in total. The first kappa shape index (κ1) is 25.4. The summed E-state index contributed by atoms with van der Waals surface area (Å²) in [6.45, 7) is 3.68. The number of hydrogen-bond acceptors (Lipinski definition) is 6. The van der Waals surface area contributed by atoms with Crippen molar-refractivity contribution in [3.63, 3.8) is 0 Å². The maximum Gasteiger partial charge on any atom is 0.334 e. The SMILES string of the molecule is COC(=O)[C@@H](C)CN1C(=O)NC(=CNc2ccc(OC3CC3)c(Cl)c2)N(Cc2ccc(C)cc2)C1=O. The number of nitrogens with zero attached hydrogens (tertiary/aromatic N) is 2. The first-order chi connectivity index (χ1) is 17.2. The summed E-state index contributed by atoms with van der Waals surface area (Å²) in [7, 11) is 1.27. The van der Waals surface area contributed by atoms with E-state index in [2.05, 4.69) is 10.6 Å². The van der Waals surface area contributed by atoms with Crippen LogP contribution in [0.15, 0.2) is 54.5 Å². The number of esters is 1. The Kier molecular flexibility index (Phi) is 7.69. The molecule has 4 amide bonds. The maximum atomic E-state index is 13.4. The van der Waals surface area contributed by atoms with Gasteiger partial charge in [0, 0.05) is 18.4 Å². The molecule has 2 aromatic rings. The number of methoxy groups -OCH3 is 1. The Hall–Kier alpha value is -3.72. The number of amides is 4. The summed E-state index contributed by atoms with van der Waals surface area (Å²) in [5.41, 5.74) is 2.63. The average Bonchev–Trinajstić information content (AvgIpc) is 3.68. The number of rotatable bonds is 9. The van der Waals surface area contributed by atoms with E-state index in [0.717, 1.165) is 28.9 Å². The Balaban J connectivity index is 1.56. The van der Waals surface area contributed by atoms with E-state index in [9.17, 15) is 14.4 Å². The fourth-order valence-corrected chi connectivity index (χ4v) is 3.86. The lowest BCUT2D eigenvalue weighted by Crippen LogP contribution is -2.59. The van der Waals surface area contributed by atoms with E-state index in [0.29, 0.717) is 16.5 Å². The van der Waals surface area contributed by atoms with Crippen LogP contribution in [-0.4, -0.2) is 47.6 Å². The molecule has 2 aliphatic rings. The molecule has 1 aliphatic heterocycles. The van der Waals surface area contributed by atoms with Gasteiger partial charge in [0.15, 0.2) is 0 Å². The van der Waals surface area contributed by atoms with E-state index in [1.165, 1.54) is 18.2 Å². The number of benzene rings is 2. The Morgan fingerprint density at radius 3 is 2.56 bits per heavy atom. The minimum Gasteiger partial charge on any atom is -0.489 e. The third-order valence-corrected chi connectivity index (χ3v) is 6.17. The van der Waals surface area contributed by atoms with Crippen molar-refractivity contribution in [2.75, 3.05) is 19.0 Å². The second-order valence-electron chi connectivity index (χ2n) is 8.96. The van der Waals surface area contributed by atoms with Gasteiger partial charge in [0.05, 0.1) is 30.7 Å². The average molecular weight is 513 g/mol. The molecule has 2 N–H and O–H groups in total. The molecule has 1 saturated carbocycles. The van der Waals surface area contributed by atoms with E-state index >= 15 is 0 Å². The minimum atomic E-state index is -0.673. The molecule has 190 valence electrons. The first-order valence-corrected chi connectivity index (χ1v) is 12.1. The first-order valence-electron chi connectivity index (χ1n) is 11.7. The molecule has 0 spiro atoms. The summed E-state index contributed by atoms with van der Waals surface area (Å²) >= 11 is 6.36. The van der Waals surface area contributed by atoms with Gasteiger partial charge < -0.3 is 14.8 Å². The summed E-state index contributed by atoms with van der Waals surface area (Å²) in [6, 6.07) is 11.9. The zero-order valence-corrected chi connectivity index (χ0v) is 21.2. The van der Waals surface area contributed by atoms with E-state index in [-0.39, 0.29) is 25.0 Å². The summed E-state index contributed by atoms with van der Waals surface area (Å²) in [5.74, 6) is -0.292. The number of nitrogens with one attached hydrogen (secondary N) is 2. The molecular weight excluding hydrogens is 484 g/mol. The van der Waals surface area contributed by atoms with Gasteiger partial charge in [-0.15, -0.1) is 0 Å².